The van der Waals surface area contributed by atoms with Gasteiger partial charge in [0.05, 0.1) is 31.0 Å². The minimum absolute atomic E-state index is 0.00568. The summed E-state index contributed by atoms with van der Waals surface area (Å²) >= 11 is 0. The molecule has 1 amide bonds. The molecule has 0 aliphatic carbocycles. The number of amides is 1. The summed E-state index contributed by atoms with van der Waals surface area (Å²) < 4.78 is 44.8. The van der Waals surface area contributed by atoms with Crippen molar-refractivity contribution < 1.29 is 27.8 Å². The minimum atomic E-state index is -1.45. The first kappa shape index (κ1) is 20.1. The predicted molar refractivity (Wildman–Crippen MR) is 96.5 cm³/mol. The van der Waals surface area contributed by atoms with Crippen LogP contribution in [0.4, 0.5) is 25.0 Å². The van der Waals surface area contributed by atoms with Crippen LogP contribution in [0.3, 0.4) is 0 Å². The Hall–Kier alpha value is -2.62. The molecule has 9 nitrogen and oxygen atoms in total. The standard InChI is InChI=1S/C17H21F2N5O4/c1-26-17(27-2)5-6-23(10-15(17)19)14-4-3-11(7-13(14)18)24-9-12(8-21-22-20)28-16(24)25/h3-4,7,12,15H,5-6,8-10H2,1-2H3/t12?,15-/m0/s1. The van der Waals surface area contributed by atoms with E-state index in [9.17, 15) is 13.6 Å². The molecule has 28 heavy (non-hydrogen) atoms. The molecule has 0 saturated carbocycles. The van der Waals surface area contributed by atoms with Crippen molar-refractivity contribution in [3.63, 3.8) is 0 Å². The third-order valence-corrected chi connectivity index (χ3v) is 5.09. The van der Waals surface area contributed by atoms with Gasteiger partial charge in [-0.2, -0.15) is 0 Å². The zero-order valence-electron chi connectivity index (χ0n) is 15.5. The van der Waals surface area contributed by atoms with Gasteiger partial charge in [-0.15, -0.1) is 0 Å². The normalized spacial score (nSPS) is 24.1. The number of anilines is 2. The van der Waals surface area contributed by atoms with Crippen LogP contribution in [0.2, 0.25) is 0 Å². The third kappa shape index (κ3) is 3.68. The number of hydrogen-bond acceptors (Lipinski definition) is 6. The van der Waals surface area contributed by atoms with Crippen LogP contribution in [0.25, 0.3) is 10.4 Å². The number of azide groups is 1. The molecule has 1 aromatic carbocycles. The van der Waals surface area contributed by atoms with E-state index < -0.39 is 30.0 Å². The first-order chi connectivity index (χ1) is 13.4. The van der Waals surface area contributed by atoms with Gasteiger partial charge >= 0.3 is 6.09 Å². The summed E-state index contributed by atoms with van der Waals surface area (Å²) in [4.78, 5) is 17.5. The molecule has 11 heteroatoms. The van der Waals surface area contributed by atoms with Gasteiger partial charge in [0.1, 0.15) is 11.9 Å². The van der Waals surface area contributed by atoms with Crippen LogP contribution in [0, 0.1) is 5.82 Å². The number of ether oxygens (including phenoxy) is 3. The monoisotopic (exact) mass is 397 g/mol. The van der Waals surface area contributed by atoms with E-state index in [1.54, 1.807) is 11.0 Å². The fraction of sp³-hybridized carbons (Fsp3) is 0.588. The van der Waals surface area contributed by atoms with E-state index >= 15 is 0 Å². The predicted octanol–water partition coefficient (Wildman–Crippen LogP) is 3.00. The van der Waals surface area contributed by atoms with Crippen molar-refractivity contribution in [1.29, 1.82) is 0 Å². The summed E-state index contributed by atoms with van der Waals surface area (Å²) in [5.41, 5.74) is 8.90. The molecule has 0 radical (unpaired) electrons. The molecule has 2 aliphatic heterocycles. The molecule has 2 atom stereocenters. The van der Waals surface area contributed by atoms with Crippen molar-refractivity contribution in [2.75, 3.05) is 50.2 Å². The van der Waals surface area contributed by atoms with E-state index in [4.69, 9.17) is 19.7 Å². The number of alkyl halides is 1. The average Bonchev–Trinajstić information content (AvgIpc) is 3.07. The molecule has 3 rings (SSSR count). The largest absolute Gasteiger partial charge is 0.444 e. The zero-order chi connectivity index (χ0) is 20.3. The smallest absolute Gasteiger partial charge is 0.414 e. The van der Waals surface area contributed by atoms with Crippen LogP contribution in [0.15, 0.2) is 23.3 Å². The number of piperidine rings is 1. The van der Waals surface area contributed by atoms with Gasteiger partial charge in [0, 0.05) is 32.1 Å². The van der Waals surface area contributed by atoms with E-state index in [1.807, 2.05) is 0 Å². The lowest BCUT2D eigenvalue weighted by Gasteiger charge is -2.43. The number of nitrogens with zero attached hydrogens (tertiary/aromatic N) is 5. The Kier molecular flexibility index (Phi) is 5.87. The lowest BCUT2D eigenvalue weighted by atomic mass is 10.0. The lowest BCUT2D eigenvalue weighted by Crippen LogP contribution is -2.56. The Labute approximate surface area is 160 Å². The van der Waals surface area contributed by atoms with Crippen molar-refractivity contribution >= 4 is 17.5 Å². The highest BCUT2D eigenvalue weighted by molar-refractivity contribution is 5.90. The van der Waals surface area contributed by atoms with Gasteiger partial charge in [-0.3, -0.25) is 4.90 Å². The Morgan fingerprint density at radius 3 is 2.75 bits per heavy atom. The molecular weight excluding hydrogens is 376 g/mol. The fourth-order valence-electron chi connectivity index (χ4n) is 3.51. The Morgan fingerprint density at radius 2 is 2.14 bits per heavy atom. The van der Waals surface area contributed by atoms with Gasteiger partial charge in [0.2, 0.25) is 5.79 Å². The molecule has 152 valence electrons. The van der Waals surface area contributed by atoms with E-state index in [1.165, 1.54) is 31.3 Å². The highest BCUT2D eigenvalue weighted by Gasteiger charge is 2.45. The second-order valence-corrected chi connectivity index (χ2v) is 6.55. The summed E-state index contributed by atoms with van der Waals surface area (Å²) in [5, 5.41) is 3.38. The molecule has 0 aromatic heterocycles. The third-order valence-electron chi connectivity index (χ3n) is 5.09. The van der Waals surface area contributed by atoms with Crippen molar-refractivity contribution in [2.24, 2.45) is 5.11 Å². The van der Waals surface area contributed by atoms with Gasteiger partial charge in [0.15, 0.2) is 6.17 Å². The summed E-state index contributed by atoms with van der Waals surface area (Å²) in [6.07, 6.45) is -2.44. The maximum absolute atomic E-state index is 14.7. The van der Waals surface area contributed by atoms with Crippen molar-refractivity contribution in [3.05, 3.63) is 34.5 Å². The Bertz CT molecular complexity index is 785. The van der Waals surface area contributed by atoms with E-state index in [0.29, 0.717) is 12.2 Å². The van der Waals surface area contributed by atoms with Crippen LogP contribution in [-0.4, -0.2) is 64.6 Å². The molecule has 0 bridgehead atoms. The second-order valence-electron chi connectivity index (χ2n) is 6.55. The van der Waals surface area contributed by atoms with Crippen LogP contribution < -0.4 is 9.80 Å². The number of methoxy groups -OCH3 is 2. The first-order valence-corrected chi connectivity index (χ1v) is 8.72. The highest BCUT2D eigenvalue weighted by Crippen LogP contribution is 2.34. The highest BCUT2D eigenvalue weighted by atomic mass is 19.1. The maximum Gasteiger partial charge on any atom is 0.414 e. The van der Waals surface area contributed by atoms with Gasteiger partial charge in [0.25, 0.3) is 0 Å². The number of carbonyl (C=O) groups is 1. The van der Waals surface area contributed by atoms with Gasteiger partial charge < -0.3 is 19.1 Å². The summed E-state index contributed by atoms with van der Waals surface area (Å²) in [6.45, 7) is 0.416. The van der Waals surface area contributed by atoms with Crippen LogP contribution in [-0.2, 0) is 14.2 Å². The molecule has 1 aromatic rings. The first-order valence-electron chi connectivity index (χ1n) is 8.72. The zero-order valence-corrected chi connectivity index (χ0v) is 15.5. The fourth-order valence-corrected chi connectivity index (χ4v) is 3.51. The van der Waals surface area contributed by atoms with Gasteiger partial charge in [-0.1, -0.05) is 5.11 Å². The van der Waals surface area contributed by atoms with Crippen molar-refractivity contribution in [3.8, 4) is 0 Å². The molecular formula is C17H21F2N5O4. The van der Waals surface area contributed by atoms with Crippen LogP contribution in [0.1, 0.15) is 6.42 Å². The Balaban J connectivity index is 1.73. The summed E-state index contributed by atoms with van der Waals surface area (Å²) in [5.74, 6) is -1.91. The number of hydrogen-bond donors (Lipinski definition) is 0. The average molecular weight is 397 g/mol. The lowest BCUT2D eigenvalue weighted by molar-refractivity contribution is -0.249. The quantitative estimate of drug-likeness (QED) is 0.318. The molecule has 0 spiro atoms. The van der Waals surface area contributed by atoms with E-state index in [2.05, 4.69) is 10.0 Å². The molecule has 1 unspecified atom stereocenters. The van der Waals surface area contributed by atoms with Gasteiger partial charge in [-0.25, -0.2) is 13.6 Å². The maximum atomic E-state index is 14.7. The Morgan fingerprint density at radius 1 is 1.39 bits per heavy atom. The number of halogens is 2. The molecule has 2 fully saturated rings. The minimum Gasteiger partial charge on any atom is -0.444 e. The van der Waals surface area contributed by atoms with E-state index in [0.717, 1.165) is 0 Å². The molecule has 0 N–H and O–H groups in total. The van der Waals surface area contributed by atoms with Crippen LogP contribution in [0.5, 0.6) is 0 Å². The summed E-state index contributed by atoms with van der Waals surface area (Å²) in [6, 6.07) is 4.27. The topological polar surface area (TPSA) is 100 Å². The number of cyclic esters (lactones) is 1. The number of rotatable bonds is 6. The van der Waals surface area contributed by atoms with Crippen molar-refractivity contribution in [1.82, 2.24) is 0 Å². The SMILES string of the molecule is COC1(OC)CCN(c2ccc(N3CC(CN=[N+]=[N-])OC3=O)cc2F)C[C@@H]1F. The number of carbonyl (C=O) groups excluding carboxylic acids is 1. The van der Waals surface area contributed by atoms with Crippen LogP contribution >= 0.6 is 0 Å². The summed E-state index contributed by atoms with van der Waals surface area (Å²) in [7, 11) is 2.76. The van der Waals surface area contributed by atoms with Gasteiger partial charge in [-0.05, 0) is 23.7 Å². The molecule has 2 saturated heterocycles. The van der Waals surface area contributed by atoms with E-state index in [-0.39, 0.29) is 31.7 Å². The molecule has 2 heterocycles. The molecule has 2 aliphatic rings. The van der Waals surface area contributed by atoms with Crippen molar-refractivity contribution in [2.45, 2.75) is 24.5 Å². The number of benzene rings is 1. The second kappa shape index (κ2) is 8.17.